The summed E-state index contributed by atoms with van der Waals surface area (Å²) in [6, 6.07) is 24.0. The highest BCUT2D eigenvalue weighted by Crippen LogP contribution is 2.34. The number of rotatable bonds is 8. The second kappa shape index (κ2) is 15.5. The maximum Gasteiger partial charge on any atom is 0.307 e. The van der Waals surface area contributed by atoms with Gasteiger partial charge in [0.25, 0.3) is 5.91 Å². The van der Waals surface area contributed by atoms with Gasteiger partial charge in [-0.05, 0) is 78.7 Å². The quantitative estimate of drug-likeness (QED) is 0.175. The van der Waals surface area contributed by atoms with E-state index in [1.54, 1.807) is 99.0 Å². The molecule has 5 aromatic rings. The fourth-order valence-corrected chi connectivity index (χ4v) is 5.27. The maximum absolute atomic E-state index is 13.0. The Balaban J connectivity index is 0.000000249. The molecule has 0 amide bonds. The topological polar surface area (TPSA) is 121 Å². The molecule has 1 aromatic heterocycles. The highest BCUT2D eigenvalue weighted by Gasteiger charge is 2.21. The van der Waals surface area contributed by atoms with Crippen LogP contribution in [-0.2, 0) is 22.4 Å². The van der Waals surface area contributed by atoms with Crippen molar-refractivity contribution in [2.45, 2.75) is 27.2 Å². The number of halogens is 3. The standard InChI is InChI=1S/C19H16ClNO4.C14H11Cl2NO2.CH4/c1-11-15(10-18(22)23)16-9-14(25-2)7-8-17(16)21(11)19(24)12-3-5-13(20)6-4-12;15-10-5-3-6-11(16)14(10)17-12-7-2-1-4-9(12)8-13(18)19;/h3-9H,10H2,1-2H3,(H,22,23);1-7,17H,8H2,(H,18,19);1H4/p-1. The molecule has 0 bridgehead atoms. The molecule has 234 valence electrons. The minimum atomic E-state index is -1.14. The Morgan fingerprint density at radius 1 is 0.889 bits per heavy atom. The molecular weight excluding hydrogens is 639 g/mol. The lowest BCUT2D eigenvalue weighted by Gasteiger charge is -2.14. The van der Waals surface area contributed by atoms with Crippen LogP contribution < -0.4 is 15.2 Å². The first-order chi connectivity index (χ1) is 21.0. The summed E-state index contributed by atoms with van der Waals surface area (Å²) < 4.78 is 6.77. The maximum atomic E-state index is 13.0. The van der Waals surface area contributed by atoms with Crippen LogP contribution in [0.1, 0.15) is 34.6 Å². The number of carbonyl (C=O) groups is 3. The molecule has 0 unspecified atom stereocenters. The summed E-state index contributed by atoms with van der Waals surface area (Å²) in [4.78, 5) is 35.0. The van der Waals surface area contributed by atoms with Gasteiger partial charge >= 0.3 is 5.97 Å². The zero-order valence-corrected chi connectivity index (χ0v) is 25.8. The first-order valence-corrected chi connectivity index (χ1v) is 14.3. The van der Waals surface area contributed by atoms with Crippen molar-refractivity contribution in [3.8, 4) is 5.75 Å². The molecule has 8 nitrogen and oxygen atoms in total. The molecule has 0 aliphatic heterocycles. The van der Waals surface area contributed by atoms with Gasteiger partial charge in [0.15, 0.2) is 0 Å². The Kier molecular flexibility index (Phi) is 12.0. The lowest BCUT2D eigenvalue weighted by molar-refractivity contribution is -0.304. The molecule has 0 fully saturated rings. The fourth-order valence-electron chi connectivity index (χ4n) is 4.65. The molecule has 2 N–H and O–H groups in total. The fraction of sp³-hybridized carbons (Fsp3) is 0.147. The molecule has 0 aliphatic rings. The minimum Gasteiger partial charge on any atom is -0.550 e. The highest BCUT2D eigenvalue weighted by molar-refractivity contribution is 6.39. The number of ether oxygens (including phenoxy) is 1. The van der Waals surface area contributed by atoms with Crippen molar-refractivity contribution in [2.75, 3.05) is 12.4 Å². The average molecular weight is 669 g/mol. The van der Waals surface area contributed by atoms with Crippen LogP contribution in [-0.4, -0.2) is 34.6 Å². The number of nitrogens with zero attached hydrogens (tertiary/aromatic N) is 1. The van der Waals surface area contributed by atoms with Crippen molar-refractivity contribution in [3.05, 3.63) is 122 Å². The van der Waals surface area contributed by atoms with Gasteiger partial charge in [-0.15, -0.1) is 0 Å². The van der Waals surface area contributed by atoms with Crippen LogP contribution in [0.5, 0.6) is 5.75 Å². The van der Waals surface area contributed by atoms with E-state index in [4.69, 9.17) is 39.5 Å². The molecule has 45 heavy (non-hydrogen) atoms. The summed E-state index contributed by atoms with van der Waals surface area (Å²) in [5.41, 5.74) is 4.13. The SMILES string of the molecule is C.COc1ccc2c(c1)c(CC(=O)O)c(C)n2C(=O)c1ccc(Cl)cc1.O=C([O-])Cc1ccccc1Nc1c(Cl)cccc1Cl. The van der Waals surface area contributed by atoms with Gasteiger partial charge in [-0.2, -0.15) is 0 Å². The second-order valence-electron chi connectivity index (χ2n) is 9.59. The van der Waals surface area contributed by atoms with E-state index in [2.05, 4.69) is 5.32 Å². The van der Waals surface area contributed by atoms with Gasteiger partial charge < -0.3 is 25.1 Å². The molecule has 0 aliphatic carbocycles. The number of hydrogen-bond donors (Lipinski definition) is 2. The molecule has 0 saturated heterocycles. The number of carboxylic acids is 2. The number of benzene rings is 4. The summed E-state index contributed by atoms with van der Waals surface area (Å²) in [5, 5.41) is 25.2. The van der Waals surface area contributed by atoms with Gasteiger partial charge in [-0.1, -0.05) is 66.5 Å². The van der Waals surface area contributed by atoms with E-state index < -0.39 is 11.9 Å². The molecule has 0 atom stereocenters. The number of aromatic nitrogens is 1. The molecular formula is C34H30Cl3N2O6-. The van der Waals surface area contributed by atoms with Gasteiger partial charge in [0, 0.05) is 39.7 Å². The summed E-state index contributed by atoms with van der Waals surface area (Å²) in [6.07, 6.45) is -0.346. The van der Waals surface area contributed by atoms with E-state index in [1.807, 2.05) is 0 Å². The zero-order chi connectivity index (χ0) is 32.0. The molecule has 0 radical (unpaired) electrons. The van der Waals surface area contributed by atoms with Crippen LogP contribution in [0.3, 0.4) is 0 Å². The number of anilines is 2. The summed E-state index contributed by atoms with van der Waals surface area (Å²) in [5.74, 6) is -1.72. The molecule has 0 spiro atoms. The van der Waals surface area contributed by atoms with Gasteiger partial charge in [0.2, 0.25) is 0 Å². The number of aliphatic carboxylic acids is 2. The Morgan fingerprint density at radius 3 is 2.13 bits per heavy atom. The Hall–Kier alpha value is -4.50. The Morgan fingerprint density at radius 2 is 1.53 bits per heavy atom. The van der Waals surface area contributed by atoms with Gasteiger partial charge in [0.1, 0.15) is 5.75 Å². The van der Waals surface area contributed by atoms with Crippen molar-refractivity contribution in [1.82, 2.24) is 4.57 Å². The van der Waals surface area contributed by atoms with Crippen LogP contribution in [0.2, 0.25) is 15.1 Å². The van der Waals surface area contributed by atoms with Crippen LogP contribution in [0.25, 0.3) is 10.9 Å². The van der Waals surface area contributed by atoms with Crippen LogP contribution >= 0.6 is 34.8 Å². The number of fused-ring (bicyclic) bond motifs is 1. The van der Waals surface area contributed by atoms with Crippen LogP contribution in [0.4, 0.5) is 11.4 Å². The third-order valence-electron chi connectivity index (χ3n) is 6.74. The van der Waals surface area contributed by atoms with E-state index in [1.165, 1.54) is 4.57 Å². The zero-order valence-electron chi connectivity index (χ0n) is 23.6. The van der Waals surface area contributed by atoms with Gasteiger partial charge in [-0.25, -0.2) is 0 Å². The number of carboxylic acid groups (broad SMARTS) is 2. The molecule has 4 aromatic carbocycles. The summed E-state index contributed by atoms with van der Waals surface area (Å²) in [7, 11) is 1.54. The summed E-state index contributed by atoms with van der Waals surface area (Å²) >= 11 is 18.0. The van der Waals surface area contributed by atoms with Crippen molar-refractivity contribution in [1.29, 1.82) is 0 Å². The van der Waals surface area contributed by atoms with Crippen LogP contribution in [0.15, 0.2) is 84.9 Å². The van der Waals surface area contributed by atoms with E-state index in [-0.39, 0.29) is 26.2 Å². The first-order valence-electron chi connectivity index (χ1n) is 13.2. The van der Waals surface area contributed by atoms with Gasteiger partial charge in [0.05, 0.1) is 34.8 Å². The number of methoxy groups -OCH3 is 1. The second-order valence-corrected chi connectivity index (χ2v) is 10.8. The highest BCUT2D eigenvalue weighted by atomic mass is 35.5. The van der Waals surface area contributed by atoms with E-state index in [9.17, 15) is 24.6 Å². The van der Waals surface area contributed by atoms with Crippen LogP contribution in [0, 0.1) is 6.92 Å². The Bertz CT molecular complexity index is 1830. The molecule has 11 heteroatoms. The third kappa shape index (κ3) is 8.36. The molecule has 5 rings (SSSR count). The van der Waals surface area contributed by atoms with E-state index in [0.29, 0.717) is 65.5 Å². The number of hydrogen-bond acceptors (Lipinski definition) is 6. The van der Waals surface area contributed by atoms with Crippen molar-refractivity contribution >= 4 is 74.9 Å². The number of para-hydroxylation sites is 2. The normalized spacial score (nSPS) is 10.3. The lowest BCUT2D eigenvalue weighted by Crippen LogP contribution is -2.24. The van der Waals surface area contributed by atoms with Crippen molar-refractivity contribution < 1.29 is 29.3 Å². The lowest BCUT2D eigenvalue weighted by atomic mass is 10.1. The smallest absolute Gasteiger partial charge is 0.307 e. The van der Waals surface area contributed by atoms with E-state index >= 15 is 0 Å². The number of nitrogens with one attached hydrogen (secondary N) is 1. The Labute approximate surface area is 275 Å². The molecule has 0 saturated carbocycles. The predicted molar refractivity (Wildman–Crippen MR) is 177 cm³/mol. The molecule has 1 heterocycles. The first kappa shape index (κ1) is 35.0. The third-order valence-corrected chi connectivity index (χ3v) is 7.62. The average Bonchev–Trinajstić information content (AvgIpc) is 3.25. The van der Waals surface area contributed by atoms with Crippen molar-refractivity contribution in [3.63, 3.8) is 0 Å². The monoisotopic (exact) mass is 667 g/mol. The number of carbonyl (C=O) groups excluding carboxylic acids is 2. The van der Waals surface area contributed by atoms with Crippen molar-refractivity contribution in [2.24, 2.45) is 0 Å². The predicted octanol–water partition coefficient (Wildman–Crippen LogP) is 7.59. The minimum absolute atomic E-state index is 0. The van der Waals surface area contributed by atoms with E-state index in [0.717, 1.165) is 0 Å². The summed E-state index contributed by atoms with van der Waals surface area (Å²) in [6.45, 7) is 1.75. The largest absolute Gasteiger partial charge is 0.550 e. The van der Waals surface area contributed by atoms with Gasteiger partial charge in [-0.3, -0.25) is 14.2 Å².